The monoisotopic (exact) mass is 348 g/mol. The van der Waals surface area contributed by atoms with E-state index in [0.29, 0.717) is 15.7 Å². The van der Waals surface area contributed by atoms with E-state index in [1.54, 1.807) is 24.3 Å². The summed E-state index contributed by atoms with van der Waals surface area (Å²) in [4.78, 5) is 16.3. The lowest BCUT2D eigenvalue weighted by Gasteiger charge is -2.15. The molecule has 0 aliphatic carbocycles. The molecule has 1 heterocycles. The van der Waals surface area contributed by atoms with Gasteiger partial charge in [-0.1, -0.05) is 23.7 Å². The van der Waals surface area contributed by atoms with Crippen molar-refractivity contribution in [3.05, 3.63) is 58.6 Å². The number of nitrogens with zero attached hydrogens (tertiary/aromatic N) is 1. The Morgan fingerprint density at radius 3 is 2.52 bits per heavy atom. The van der Waals surface area contributed by atoms with Gasteiger partial charge in [-0.25, -0.2) is 4.98 Å². The standard InChI is InChI=1S/C16H13ClN2O3S/c17-9-5-7-10(8-6-9)18-15(22)13(20)14(21)16-19-11-3-1-2-4-12(11)23-16/h1-8,13-14,20-21H,(H,18,22). The Kier molecular flexibility index (Phi) is 4.58. The van der Waals surface area contributed by atoms with Gasteiger partial charge in [0.2, 0.25) is 0 Å². The summed E-state index contributed by atoms with van der Waals surface area (Å²) in [5.74, 6) is -0.709. The number of aromatic nitrogens is 1. The van der Waals surface area contributed by atoms with Crippen molar-refractivity contribution in [2.24, 2.45) is 0 Å². The van der Waals surface area contributed by atoms with Crippen LogP contribution in [0.4, 0.5) is 5.69 Å². The molecule has 2 atom stereocenters. The van der Waals surface area contributed by atoms with Gasteiger partial charge >= 0.3 is 0 Å². The third kappa shape index (κ3) is 3.51. The van der Waals surface area contributed by atoms with Crippen molar-refractivity contribution >= 4 is 44.7 Å². The summed E-state index contributed by atoms with van der Waals surface area (Å²) in [6.07, 6.45) is -3.01. The number of halogens is 1. The molecule has 7 heteroatoms. The van der Waals surface area contributed by atoms with E-state index in [2.05, 4.69) is 10.3 Å². The van der Waals surface area contributed by atoms with Gasteiger partial charge in [-0.15, -0.1) is 11.3 Å². The predicted molar refractivity (Wildman–Crippen MR) is 90.7 cm³/mol. The number of fused-ring (bicyclic) bond motifs is 1. The largest absolute Gasteiger partial charge is 0.383 e. The summed E-state index contributed by atoms with van der Waals surface area (Å²) < 4.78 is 0.881. The highest BCUT2D eigenvalue weighted by Crippen LogP contribution is 2.28. The van der Waals surface area contributed by atoms with Gasteiger partial charge < -0.3 is 15.5 Å². The lowest BCUT2D eigenvalue weighted by molar-refractivity contribution is -0.129. The number of anilines is 1. The summed E-state index contributed by atoms with van der Waals surface area (Å²) in [6, 6.07) is 13.8. The number of para-hydroxylation sites is 1. The van der Waals surface area contributed by atoms with E-state index in [9.17, 15) is 15.0 Å². The number of amides is 1. The molecule has 0 fully saturated rings. The van der Waals surface area contributed by atoms with Crippen LogP contribution in [0.1, 0.15) is 11.1 Å². The Morgan fingerprint density at radius 1 is 1.13 bits per heavy atom. The molecule has 0 spiro atoms. The van der Waals surface area contributed by atoms with Crippen molar-refractivity contribution in [2.45, 2.75) is 12.2 Å². The first-order chi connectivity index (χ1) is 11.0. The normalized spacial score (nSPS) is 13.7. The molecule has 1 aromatic heterocycles. The third-order valence-electron chi connectivity index (χ3n) is 3.24. The molecule has 118 valence electrons. The van der Waals surface area contributed by atoms with E-state index in [0.717, 1.165) is 10.2 Å². The Bertz CT molecular complexity index is 802. The SMILES string of the molecule is O=C(Nc1ccc(Cl)cc1)C(O)C(O)c1nc2ccccc2s1. The molecular weight excluding hydrogens is 336 g/mol. The highest BCUT2D eigenvalue weighted by molar-refractivity contribution is 7.18. The lowest BCUT2D eigenvalue weighted by Crippen LogP contribution is -2.33. The van der Waals surface area contributed by atoms with E-state index in [1.165, 1.54) is 11.3 Å². The third-order valence-corrected chi connectivity index (χ3v) is 4.60. The number of aliphatic hydroxyl groups excluding tert-OH is 2. The van der Waals surface area contributed by atoms with Gasteiger partial charge in [0, 0.05) is 10.7 Å². The smallest absolute Gasteiger partial charge is 0.256 e. The van der Waals surface area contributed by atoms with Crippen LogP contribution in [-0.2, 0) is 4.79 Å². The Balaban J connectivity index is 1.74. The molecule has 23 heavy (non-hydrogen) atoms. The van der Waals surface area contributed by atoms with Gasteiger partial charge in [0.05, 0.1) is 10.2 Å². The van der Waals surface area contributed by atoms with Crippen LogP contribution < -0.4 is 5.32 Å². The topological polar surface area (TPSA) is 82.5 Å². The molecule has 5 nitrogen and oxygen atoms in total. The number of hydrogen-bond donors (Lipinski definition) is 3. The number of benzene rings is 2. The fourth-order valence-corrected chi connectivity index (χ4v) is 3.15. The molecule has 1 amide bonds. The molecule has 3 aromatic rings. The first-order valence-corrected chi connectivity index (χ1v) is 8.02. The van der Waals surface area contributed by atoms with Crippen molar-refractivity contribution in [3.63, 3.8) is 0 Å². The molecule has 2 unspecified atom stereocenters. The number of carbonyl (C=O) groups excluding carboxylic acids is 1. The van der Waals surface area contributed by atoms with E-state index in [1.807, 2.05) is 24.3 Å². The van der Waals surface area contributed by atoms with Crippen LogP contribution in [0.2, 0.25) is 5.02 Å². The first-order valence-electron chi connectivity index (χ1n) is 6.82. The van der Waals surface area contributed by atoms with E-state index in [4.69, 9.17) is 11.6 Å². The maximum absolute atomic E-state index is 12.1. The lowest BCUT2D eigenvalue weighted by atomic mass is 10.2. The highest BCUT2D eigenvalue weighted by atomic mass is 35.5. The number of nitrogens with one attached hydrogen (secondary N) is 1. The fraction of sp³-hybridized carbons (Fsp3) is 0.125. The molecule has 0 aliphatic heterocycles. The van der Waals surface area contributed by atoms with Gasteiger partial charge in [0.15, 0.2) is 6.10 Å². The second kappa shape index (κ2) is 6.64. The molecule has 0 bridgehead atoms. The molecule has 0 radical (unpaired) electrons. The van der Waals surface area contributed by atoms with Crippen LogP contribution in [0.5, 0.6) is 0 Å². The number of aliphatic hydroxyl groups is 2. The Hall–Kier alpha value is -1.99. The zero-order chi connectivity index (χ0) is 16.4. The minimum absolute atomic E-state index is 0.296. The Labute approximate surface area is 141 Å². The van der Waals surface area contributed by atoms with E-state index >= 15 is 0 Å². The molecule has 2 aromatic carbocycles. The molecule has 0 aliphatic rings. The van der Waals surface area contributed by atoms with Crippen molar-refractivity contribution < 1.29 is 15.0 Å². The first kappa shape index (κ1) is 15.9. The zero-order valence-electron chi connectivity index (χ0n) is 11.8. The second-order valence-corrected chi connectivity index (χ2v) is 6.40. The van der Waals surface area contributed by atoms with Gasteiger partial charge in [-0.2, -0.15) is 0 Å². The molecular formula is C16H13ClN2O3S. The van der Waals surface area contributed by atoms with E-state index < -0.39 is 18.1 Å². The van der Waals surface area contributed by atoms with Crippen molar-refractivity contribution in [3.8, 4) is 0 Å². The fourth-order valence-electron chi connectivity index (χ4n) is 2.04. The van der Waals surface area contributed by atoms with Crippen LogP contribution in [0, 0.1) is 0 Å². The molecule has 0 saturated carbocycles. The minimum Gasteiger partial charge on any atom is -0.383 e. The molecule has 3 rings (SSSR count). The van der Waals surface area contributed by atoms with Crippen molar-refractivity contribution in [2.75, 3.05) is 5.32 Å². The van der Waals surface area contributed by atoms with Crippen LogP contribution in [0.15, 0.2) is 48.5 Å². The molecule has 3 N–H and O–H groups in total. The summed E-state index contributed by atoms with van der Waals surface area (Å²) in [5.41, 5.74) is 1.20. The summed E-state index contributed by atoms with van der Waals surface area (Å²) in [6.45, 7) is 0. The zero-order valence-corrected chi connectivity index (χ0v) is 13.4. The maximum atomic E-state index is 12.1. The van der Waals surface area contributed by atoms with Crippen LogP contribution in [-0.4, -0.2) is 27.2 Å². The molecule has 0 saturated heterocycles. The van der Waals surface area contributed by atoms with Gasteiger partial charge in [-0.3, -0.25) is 4.79 Å². The quantitative estimate of drug-likeness (QED) is 0.677. The summed E-state index contributed by atoms with van der Waals surface area (Å²) in [7, 11) is 0. The highest BCUT2D eigenvalue weighted by Gasteiger charge is 2.28. The van der Waals surface area contributed by atoms with Crippen LogP contribution in [0.25, 0.3) is 10.2 Å². The summed E-state index contributed by atoms with van der Waals surface area (Å²) in [5, 5.41) is 23.6. The average Bonchev–Trinajstić information content (AvgIpc) is 2.99. The van der Waals surface area contributed by atoms with Gasteiger partial charge in [0.1, 0.15) is 11.1 Å². The maximum Gasteiger partial charge on any atom is 0.256 e. The van der Waals surface area contributed by atoms with Crippen LogP contribution >= 0.6 is 22.9 Å². The second-order valence-electron chi connectivity index (χ2n) is 4.91. The average molecular weight is 349 g/mol. The van der Waals surface area contributed by atoms with E-state index in [-0.39, 0.29) is 0 Å². The van der Waals surface area contributed by atoms with Crippen molar-refractivity contribution in [1.29, 1.82) is 0 Å². The van der Waals surface area contributed by atoms with Crippen LogP contribution in [0.3, 0.4) is 0 Å². The number of rotatable bonds is 4. The number of hydrogen-bond acceptors (Lipinski definition) is 5. The van der Waals surface area contributed by atoms with Gasteiger partial charge in [-0.05, 0) is 36.4 Å². The minimum atomic E-state index is -1.62. The Morgan fingerprint density at radius 2 is 1.83 bits per heavy atom. The van der Waals surface area contributed by atoms with Crippen molar-refractivity contribution in [1.82, 2.24) is 4.98 Å². The predicted octanol–water partition coefficient (Wildman–Crippen LogP) is 2.98. The number of thiazole rings is 1. The number of carbonyl (C=O) groups is 1. The summed E-state index contributed by atoms with van der Waals surface area (Å²) >= 11 is 7.01. The van der Waals surface area contributed by atoms with Gasteiger partial charge in [0.25, 0.3) is 5.91 Å².